The molecule has 0 spiro atoms. The topological polar surface area (TPSA) is 94.2 Å². The second-order valence-corrected chi connectivity index (χ2v) is 12.7. The number of amidine groups is 1. The van der Waals surface area contributed by atoms with Crippen molar-refractivity contribution in [3.8, 4) is 6.07 Å². The van der Waals surface area contributed by atoms with Crippen LogP contribution in [-0.4, -0.2) is 30.2 Å². The van der Waals surface area contributed by atoms with Crippen LogP contribution in [-0.2, 0) is 22.4 Å². The van der Waals surface area contributed by atoms with Crippen molar-refractivity contribution in [2.45, 2.75) is 71.3 Å². The number of aryl methyl sites for hydroxylation is 1. The summed E-state index contributed by atoms with van der Waals surface area (Å²) < 4.78 is 5.50. The lowest BCUT2D eigenvalue weighted by Crippen LogP contribution is -2.61. The number of carbonyl (C=O) groups is 2. The lowest BCUT2D eigenvalue weighted by Gasteiger charge is -2.53. The van der Waals surface area contributed by atoms with Crippen LogP contribution in [0, 0.1) is 34.0 Å². The van der Waals surface area contributed by atoms with Crippen LogP contribution in [0.5, 0.6) is 0 Å². The third kappa shape index (κ3) is 4.49. The predicted octanol–water partition coefficient (Wildman–Crippen LogP) is 6.55. The molecule has 0 bridgehead atoms. The fourth-order valence-corrected chi connectivity index (χ4v) is 8.16. The Balaban J connectivity index is 1.70. The molecule has 1 aliphatic heterocycles. The number of ketones is 1. The molecule has 194 valence electrons. The number of halogens is 1. The number of ether oxygens (including phenoxy) is 1. The van der Waals surface area contributed by atoms with Crippen LogP contribution in [0.4, 0.5) is 5.00 Å². The molecule has 0 amide bonds. The minimum atomic E-state index is -0.832. The normalized spacial score (nSPS) is 26.7. The molecule has 37 heavy (non-hydrogen) atoms. The van der Waals surface area contributed by atoms with Gasteiger partial charge in [-0.05, 0) is 67.7 Å². The van der Waals surface area contributed by atoms with E-state index < -0.39 is 17.8 Å². The first-order chi connectivity index (χ1) is 17.7. The zero-order chi connectivity index (χ0) is 26.5. The molecule has 1 aromatic heterocycles. The Morgan fingerprint density at radius 2 is 1.95 bits per heavy atom. The molecule has 4 unspecified atom stereocenters. The van der Waals surface area contributed by atoms with Crippen molar-refractivity contribution >= 4 is 45.5 Å². The van der Waals surface area contributed by atoms with Crippen LogP contribution >= 0.6 is 22.9 Å². The Kier molecular flexibility index (Phi) is 6.93. The van der Waals surface area contributed by atoms with Gasteiger partial charge in [0.15, 0.2) is 0 Å². The Labute approximate surface area is 227 Å². The Bertz CT molecular complexity index is 1290. The molecule has 2 aliphatic carbocycles. The molecule has 1 saturated heterocycles. The standard InChI is InChI=1S/C29H32ClN3O3S/c1-4-36-28(35)24-18-7-5-6-8-22(18)37-27(24)33-20-13-29(2,3)14-21(34)25(20)23(19(15-31)26(33)32)16-9-11-17(30)12-10-16/h9-12,19-20,23,25,32H,4-8,13-14H2,1-3H3. The van der Waals surface area contributed by atoms with Crippen LogP contribution in [0.3, 0.4) is 0 Å². The summed E-state index contributed by atoms with van der Waals surface area (Å²) in [5, 5.41) is 21.0. The zero-order valence-corrected chi connectivity index (χ0v) is 23.0. The van der Waals surface area contributed by atoms with E-state index >= 15 is 0 Å². The third-order valence-corrected chi connectivity index (χ3v) is 9.62. The highest BCUT2D eigenvalue weighted by Crippen LogP contribution is 2.53. The number of piperidine rings is 1. The largest absolute Gasteiger partial charge is 0.462 e. The molecule has 3 aliphatic rings. The van der Waals surface area contributed by atoms with Crippen molar-refractivity contribution in [2.24, 2.45) is 17.3 Å². The van der Waals surface area contributed by atoms with Crippen LogP contribution in [0.2, 0.25) is 5.02 Å². The number of nitrogens with one attached hydrogen (secondary N) is 1. The molecule has 5 rings (SSSR count). The number of Topliss-reactive ketones (excluding diaryl/α,β-unsaturated/α-hetero) is 1. The third-order valence-electron chi connectivity index (χ3n) is 8.08. The number of rotatable bonds is 4. The number of nitriles is 1. The molecule has 6 nitrogen and oxygen atoms in total. The summed E-state index contributed by atoms with van der Waals surface area (Å²) in [5.74, 6) is -1.86. The SMILES string of the molecule is CCOC(=O)c1c(N2C(=N)C(C#N)C(c3ccc(Cl)cc3)C3C(=O)CC(C)(C)CC32)sc2c1CCCC2. The van der Waals surface area contributed by atoms with E-state index in [0.717, 1.165) is 41.7 Å². The average molecular weight is 538 g/mol. The fourth-order valence-electron chi connectivity index (χ4n) is 6.59. The van der Waals surface area contributed by atoms with E-state index in [1.54, 1.807) is 30.4 Å². The number of hydrogen-bond donors (Lipinski definition) is 1. The molecule has 2 fully saturated rings. The molecular weight excluding hydrogens is 506 g/mol. The number of anilines is 1. The zero-order valence-electron chi connectivity index (χ0n) is 21.5. The van der Waals surface area contributed by atoms with Gasteiger partial charge in [-0.3, -0.25) is 10.2 Å². The van der Waals surface area contributed by atoms with Gasteiger partial charge in [0, 0.05) is 34.2 Å². The summed E-state index contributed by atoms with van der Waals surface area (Å²) in [7, 11) is 0. The van der Waals surface area contributed by atoms with Gasteiger partial charge in [-0.25, -0.2) is 4.79 Å². The first kappa shape index (κ1) is 25.9. The number of thiophene rings is 1. The minimum absolute atomic E-state index is 0.109. The van der Waals surface area contributed by atoms with Crippen molar-refractivity contribution < 1.29 is 14.3 Å². The number of carbonyl (C=O) groups excluding carboxylic acids is 2. The summed E-state index contributed by atoms with van der Waals surface area (Å²) in [6.07, 6.45) is 4.85. The molecule has 1 aromatic carbocycles. The smallest absolute Gasteiger partial charge is 0.341 e. The van der Waals surface area contributed by atoms with Crippen LogP contribution in [0.1, 0.15) is 78.7 Å². The quantitative estimate of drug-likeness (QED) is 0.446. The van der Waals surface area contributed by atoms with Gasteiger partial charge in [0.25, 0.3) is 0 Å². The van der Waals surface area contributed by atoms with Crippen LogP contribution in [0.15, 0.2) is 24.3 Å². The summed E-state index contributed by atoms with van der Waals surface area (Å²) >= 11 is 7.69. The molecule has 8 heteroatoms. The predicted molar refractivity (Wildman–Crippen MR) is 146 cm³/mol. The van der Waals surface area contributed by atoms with E-state index in [4.69, 9.17) is 16.3 Å². The van der Waals surface area contributed by atoms with E-state index in [-0.39, 0.29) is 35.7 Å². The van der Waals surface area contributed by atoms with E-state index in [1.165, 1.54) is 0 Å². The van der Waals surface area contributed by atoms with E-state index in [9.17, 15) is 20.3 Å². The van der Waals surface area contributed by atoms with Gasteiger partial charge in [-0.1, -0.05) is 37.6 Å². The lowest BCUT2D eigenvalue weighted by molar-refractivity contribution is -0.130. The van der Waals surface area contributed by atoms with Gasteiger partial charge in [0.1, 0.15) is 22.5 Å². The maximum absolute atomic E-state index is 13.8. The van der Waals surface area contributed by atoms with Crippen LogP contribution < -0.4 is 4.90 Å². The second kappa shape index (κ2) is 9.89. The van der Waals surface area contributed by atoms with Gasteiger partial charge in [-0.15, -0.1) is 11.3 Å². The van der Waals surface area contributed by atoms with Gasteiger partial charge in [0.05, 0.1) is 18.2 Å². The van der Waals surface area contributed by atoms with Gasteiger partial charge < -0.3 is 9.64 Å². The molecule has 1 saturated carbocycles. The highest BCUT2D eigenvalue weighted by atomic mass is 35.5. The van der Waals surface area contributed by atoms with Gasteiger partial charge in [-0.2, -0.15) is 5.26 Å². The van der Waals surface area contributed by atoms with E-state index in [2.05, 4.69) is 19.9 Å². The van der Waals surface area contributed by atoms with Crippen molar-refractivity contribution in [3.63, 3.8) is 0 Å². The molecular formula is C29H32ClN3O3S. The first-order valence-electron chi connectivity index (χ1n) is 13.0. The molecule has 4 atom stereocenters. The Morgan fingerprint density at radius 3 is 2.62 bits per heavy atom. The molecule has 1 N–H and O–H groups in total. The highest BCUT2D eigenvalue weighted by molar-refractivity contribution is 7.17. The van der Waals surface area contributed by atoms with E-state index in [0.29, 0.717) is 28.4 Å². The highest BCUT2D eigenvalue weighted by Gasteiger charge is 2.56. The summed E-state index contributed by atoms with van der Waals surface area (Å²) in [6.45, 7) is 6.22. The Morgan fingerprint density at radius 1 is 1.24 bits per heavy atom. The maximum atomic E-state index is 13.8. The first-order valence-corrected chi connectivity index (χ1v) is 14.2. The second-order valence-electron chi connectivity index (χ2n) is 11.2. The summed E-state index contributed by atoms with van der Waals surface area (Å²) in [4.78, 5) is 30.2. The van der Waals surface area contributed by atoms with Crippen LogP contribution in [0.25, 0.3) is 0 Å². The number of benzene rings is 1. The van der Waals surface area contributed by atoms with Gasteiger partial charge in [0.2, 0.25) is 0 Å². The van der Waals surface area contributed by atoms with Gasteiger partial charge >= 0.3 is 5.97 Å². The summed E-state index contributed by atoms with van der Waals surface area (Å²) in [5.41, 5.74) is 2.13. The number of esters is 1. The number of fused-ring (bicyclic) bond motifs is 2. The minimum Gasteiger partial charge on any atom is -0.462 e. The molecule has 2 aromatic rings. The fraction of sp³-hybridized carbons (Fsp3) is 0.517. The van der Waals surface area contributed by atoms with E-state index in [1.807, 2.05) is 17.0 Å². The number of nitrogens with zero attached hydrogens (tertiary/aromatic N) is 2. The van der Waals surface area contributed by atoms with Crippen molar-refractivity contribution in [3.05, 3.63) is 50.9 Å². The van der Waals surface area contributed by atoms with Crippen molar-refractivity contribution in [2.75, 3.05) is 11.5 Å². The summed E-state index contributed by atoms with van der Waals surface area (Å²) in [6, 6.07) is 9.33. The van der Waals surface area contributed by atoms with Crippen molar-refractivity contribution in [1.82, 2.24) is 0 Å². The molecule has 2 heterocycles. The van der Waals surface area contributed by atoms with Crippen molar-refractivity contribution in [1.29, 1.82) is 10.7 Å². The maximum Gasteiger partial charge on any atom is 0.341 e. The number of hydrogen-bond acceptors (Lipinski definition) is 6. The Hall–Kier alpha value is -2.69. The average Bonchev–Trinajstić information content (AvgIpc) is 3.22. The monoisotopic (exact) mass is 537 g/mol. The lowest BCUT2D eigenvalue weighted by atomic mass is 9.59. The molecule has 0 radical (unpaired) electrons.